The van der Waals surface area contributed by atoms with Gasteiger partial charge in [0.25, 0.3) is 5.82 Å². The molecule has 0 N–H and O–H groups in total. The van der Waals surface area contributed by atoms with Crippen LogP contribution in [0.3, 0.4) is 0 Å². The number of ketones is 1. The largest absolute Gasteiger partial charge is 0.486 e. The van der Waals surface area contributed by atoms with Gasteiger partial charge in [0.1, 0.15) is 37.7 Å². The summed E-state index contributed by atoms with van der Waals surface area (Å²) in [6.45, 7) is 0.838. The third-order valence-corrected chi connectivity index (χ3v) is 3.90. The van der Waals surface area contributed by atoms with Gasteiger partial charge in [-0.15, -0.1) is 0 Å². The Kier molecular flexibility index (Phi) is 5.06. The number of carbonyl (C=O) groups is 1. The quantitative estimate of drug-likeness (QED) is 0.627. The summed E-state index contributed by atoms with van der Waals surface area (Å²) in [4.78, 5) is 12.3. The summed E-state index contributed by atoms with van der Waals surface area (Å²) in [7, 11) is 1.96. The summed E-state index contributed by atoms with van der Waals surface area (Å²) < 4.78 is 9.64. The number of Topliss-reactive ketones (excluding diaryl/α,β-unsaturated/α-hetero) is 1. The Balaban J connectivity index is 1.64. The first-order valence-electron chi connectivity index (χ1n) is 7.99. The van der Waals surface area contributed by atoms with Crippen LogP contribution in [-0.2, 0) is 24.8 Å². The Labute approximate surface area is 141 Å². The van der Waals surface area contributed by atoms with Crippen LogP contribution in [0.2, 0.25) is 0 Å². The molecule has 3 aromatic rings. The van der Waals surface area contributed by atoms with E-state index in [9.17, 15) is 4.79 Å². The zero-order valence-electron chi connectivity index (χ0n) is 13.8. The molecule has 0 aliphatic heterocycles. The van der Waals surface area contributed by atoms with Gasteiger partial charge in [-0.1, -0.05) is 48.5 Å². The van der Waals surface area contributed by atoms with E-state index in [2.05, 4.69) is 16.7 Å². The Morgan fingerprint density at radius 2 is 1.71 bits per heavy atom. The zero-order chi connectivity index (χ0) is 16.8. The van der Waals surface area contributed by atoms with Crippen LogP contribution in [0.1, 0.15) is 11.4 Å². The molecule has 1 heterocycles. The van der Waals surface area contributed by atoms with Gasteiger partial charge in [0, 0.05) is 0 Å². The molecule has 0 bridgehead atoms. The Bertz CT molecular complexity index is 795. The second-order valence-corrected chi connectivity index (χ2v) is 5.76. The molecule has 0 radical (unpaired) electrons. The van der Waals surface area contributed by atoms with E-state index < -0.39 is 0 Å². The summed E-state index contributed by atoms with van der Waals surface area (Å²) in [5, 5.41) is 0. The molecule has 3 rings (SSSR count). The third kappa shape index (κ3) is 4.10. The number of hydrogen-bond donors (Lipinski definition) is 0. The number of benzene rings is 2. The smallest absolute Gasteiger partial charge is 0.264 e. The lowest BCUT2D eigenvalue weighted by Crippen LogP contribution is -2.34. The maximum Gasteiger partial charge on any atom is 0.264 e. The molecule has 2 aromatic carbocycles. The molecule has 0 aliphatic rings. The van der Waals surface area contributed by atoms with Crippen LogP contribution >= 0.6 is 0 Å². The number of para-hydroxylation sites is 1. The minimum absolute atomic E-state index is 0.0578. The molecule has 0 unspecified atom stereocenters. The number of aromatic nitrogens is 2. The lowest BCUT2D eigenvalue weighted by molar-refractivity contribution is -0.678. The van der Waals surface area contributed by atoms with E-state index in [1.807, 2.05) is 72.5 Å². The molecule has 0 aliphatic carbocycles. The van der Waals surface area contributed by atoms with Gasteiger partial charge in [0.15, 0.2) is 5.78 Å². The summed E-state index contributed by atoms with van der Waals surface area (Å²) in [5.74, 6) is 1.75. The fourth-order valence-corrected chi connectivity index (χ4v) is 2.61. The molecule has 0 fully saturated rings. The first-order chi connectivity index (χ1) is 11.7. The van der Waals surface area contributed by atoms with E-state index in [4.69, 9.17) is 4.74 Å². The van der Waals surface area contributed by atoms with E-state index in [0.717, 1.165) is 18.1 Å². The van der Waals surface area contributed by atoms with Crippen LogP contribution < -0.4 is 9.30 Å². The number of nitrogens with zero attached hydrogens (tertiary/aromatic N) is 2. The highest BCUT2D eigenvalue weighted by Gasteiger charge is 2.19. The highest BCUT2D eigenvalue weighted by atomic mass is 16.5. The molecule has 4 heteroatoms. The van der Waals surface area contributed by atoms with Crippen LogP contribution in [0.25, 0.3) is 0 Å². The Morgan fingerprint density at radius 1 is 1.04 bits per heavy atom. The molecule has 122 valence electrons. The normalized spacial score (nSPS) is 10.5. The Morgan fingerprint density at radius 3 is 2.42 bits per heavy atom. The number of hydrogen-bond acceptors (Lipinski definition) is 2. The fraction of sp³-hybridized carbons (Fsp3) is 0.200. The van der Waals surface area contributed by atoms with Crippen molar-refractivity contribution in [1.29, 1.82) is 0 Å². The van der Waals surface area contributed by atoms with E-state index >= 15 is 0 Å². The van der Waals surface area contributed by atoms with Gasteiger partial charge in [-0.05, 0) is 17.7 Å². The second-order valence-electron chi connectivity index (χ2n) is 5.76. The van der Waals surface area contributed by atoms with Crippen molar-refractivity contribution >= 4 is 5.78 Å². The topological polar surface area (TPSA) is 35.1 Å². The fourth-order valence-electron chi connectivity index (χ4n) is 2.61. The van der Waals surface area contributed by atoms with Crippen molar-refractivity contribution in [1.82, 2.24) is 4.57 Å². The summed E-state index contributed by atoms with van der Waals surface area (Å²) in [6.07, 6.45) is 4.33. The molecule has 0 amide bonds. The third-order valence-electron chi connectivity index (χ3n) is 3.90. The molecular weight excluding hydrogens is 300 g/mol. The van der Waals surface area contributed by atoms with Crippen molar-refractivity contribution in [3.63, 3.8) is 0 Å². The molecular formula is C20H21N2O2+. The lowest BCUT2D eigenvalue weighted by Gasteiger charge is -2.06. The predicted octanol–water partition coefficient (Wildman–Crippen LogP) is 2.55. The molecule has 1 aromatic heterocycles. The minimum atomic E-state index is 0.0578. The number of ether oxygens (including phenoxy) is 1. The SMILES string of the molecule is C[n+]1ccn(Cc2ccccc2)c1CC(=O)COc1ccccc1. The van der Waals surface area contributed by atoms with Gasteiger partial charge in [-0.25, -0.2) is 9.13 Å². The maximum atomic E-state index is 12.3. The first kappa shape index (κ1) is 16.0. The number of aryl methyl sites for hydroxylation is 1. The van der Waals surface area contributed by atoms with Crippen molar-refractivity contribution in [2.75, 3.05) is 6.61 Å². The molecule has 0 saturated heterocycles. The number of rotatable bonds is 7. The number of imidazole rings is 1. The predicted molar refractivity (Wildman–Crippen MR) is 91.8 cm³/mol. The van der Waals surface area contributed by atoms with Gasteiger partial charge >= 0.3 is 0 Å². The van der Waals surface area contributed by atoms with Crippen LogP contribution in [0.15, 0.2) is 73.1 Å². The maximum absolute atomic E-state index is 12.3. The van der Waals surface area contributed by atoms with Crippen LogP contribution in [0.4, 0.5) is 0 Å². The van der Waals surface area contributed by atoms with Crippen molar-refractivity contribution in [3.8, 4) is 5.75 Å². The van der Waals surface area contributed by atoms with Gasteiger partial charge in [-0.3, -0.25) is 4.79 Å². The average Bonchev–Trinajstić information content (AvgIpc) is 2.95. The molecule has 0 saturated carbocycles. The van der Waals surface area contributed by atoms with Gasteiger partial charge in [-0.2, -0.15) is 0 Å². The summed E-state index contributed by atoms with van der Waals surface area (Å²) in [5.41, 5.74) is 1.21. The average molecular weight is 321 g/mol. The monoisotopic (exact) mass is 321 g/mol. The van der Waals surface area contributed by atoms with E-state index in [0.29, 0.717) is 6.42 Å². The van der Waals surface area contributed by atoms with Crippen LogP contribution in [0, 0.1) is 0 Å². The zero-order valence-corrected chi connectivity index (χ0v) is 13.8. The highest BCUT2D eigenvalue weighted by molar-refractivity contribution is 5.81. The van der Waals surface area contributed by atoms with Crippen molar-refractivity contribution in [2.45, 2.75) is 13.0 Å². The molecule has 4 nitrogen and oxygen atoms in total. The molecule has 24 heavy (non-hydrogen) atoms. The van der Waals surface area contributed by atoms with E-state index in [1.165, 1.54) is 5.56 Å². The van der Waals surface area contributed by atoms with Gasteiger partial charge in [0.05, 0.1) is 7.05 Å². The minimum Gasteiger partial charge on any atom is -0.486 e. The van der Waals surface area contributed by atoms with Crippen LogP contribution in [-0.4, -0.2) is 17.0 Å². The number of carbonyl (C=O) groups excluding carboxylic acids is 1. The van der Waals surface area contributed by atoms with Gasteiger partial charge < -0.3 is 4.74 Å². The van der Waals surface area contributed by atoms with Crippen LogP contribution in [0.5, 0.6) is 5.75 Å². The molecule has 0 atom stereocenters. The van der Waals surface area contributed by atoms with Crippen molar-refractivity contribution in [3.05, 3.63) is 84.4 Å². The summed E-state index contributed by atoms with van der Waals surface area (Å²) >= 11 is 0. The van der Waals surface area contributed by atoms with E-state index in [1.54, 1.807) is 0 Å². The summed E-state index contributed by atoms with van der Waals surface area (Å²) in [6, 6.07) is 19.6. The second kappa shape index (κ2) is 7.59. The molecule has 0 spiro atoms. The van der Waals surface area contributed by atoms with E-state index in [-0.39, 0.29) is 12.4 Å². The van der Waals surface area contributed by atoms with Crippen molar-refractivity contribution < 1.29 is 14.1 Å². The standard InChI is InChI=1S/C20H21N2O2/c1-21-12-13-22(15-17-8-4-2-5-9-17)20(21)14-18(23)16-24-19-10-6-3-7-11-19/h2-13H,14-16H2,1H3/q+1. The first-order valence-corrected chi connectivity index (χ1v) is 7.99. The Hall–Kier alpha value is -2.88. The highest BCUT2D eigenvalue weighted by Crippen LogP contribution is 2.09. The van der Waals surface area contributed by atoms with Gasteiger partial charge in [0.2, 0.25) is 0 Å². The van der Waals surface area contributed by atoms with Crippen molar-refractivity contribution in [2.24, 2.45) is 7.05 Å². The lowest BCUT2D eigenvalue weighted by atomic mass is 10.2.